The smallest absolute Gasteiger partial charge is 0.415 e. The van der Waals surface area contributed by atoms with Crippen LogP contribution in [0.15, 0.2) is 0 Å². The lowest BCUT2D eigenvalue weighted by Gasteiger charge is -2.27. The zero-order valence-corrected chi connectivity index (χ0v) is 11.8. The lowest BCUT2D eigenvalue weighted by Crippen LogP contribution is -2.49. The van der Waals surface area contributed by atoms with Crippen molar-refractivity contribution in [2.45, 2.75) is 58.5 Å². The molecule has 0 rings (SSSR count). The first kappa shape index (κ1) is 18.2. The summed E-state index contributed by atoms with van der Waals surface area (Å²) in [6.45, 7) is 7.64. The molecule has 0 saturated heterocycles. The molecule has 0 amide bonds. The van der Waals surface area contributed by atoms with Crippen molar-refractivity contribution in [1.82, 2.24) is 5.32 Å². The molecule has 0 fully saturated rings. The predicted octanol–water partition coefficient (Wildman–Crippen LogP) is 1.87. The summed E-state index contributed by atoms with van der Waals surface area (Å²) < 4.78 is 41.6. The quantitative estimate of drug-likeness (QED) is 0.757. The maximum absolute atomic E-state index is 12.2. The Bertz CT molecular complexity index is 298. The van der Waals surface area contributed by atoms with Gasteiger partial charge in [-0.25, -0.2) is 0 Å². The minimum absolute atomic E-state index is 0.254. The largest absolute Gasteiger partial charge is 0.459 e. The zero-order chi connectivity index (χ0) is 15.4. The van der Waals surface area contributed by atoms with Crippen molar-refractivity contribution in [2.24, 2.45) is 5.92 Å². The lowest BCUT2D eigenvalue weighted by atomic mass is 10.0. The van der Waals surface area contributed by atoms with Gasteiger partial charge in [0.05, 0.1) is 0 Å². The van der Waals surface area contributed by atoms with Crippen LogP contribution in [-0.2, 0) is 9.53 Å². The summed E-state index contributed by atoms with van der Waals surface area (Å²) in [7, 11) is 0. The molecule has 0 aromatic heterocycles. The minimum atomic E-state index is -4.71. The highest BCUT2D eigenvalue weighted by molar-refractivity contribution is 5.76. The number of nitrogens with one attached hydrogen (secondary N) is 1. The Morgan fingerprint density at radius 2 is 1.74 bits per heavy atom. The van der Waals surface area contributed by atoms with Crippen LogP contribution in [0.4, 0.5) is 13.2 Å². The number of aliphatic hydroxyl groups is 1. The van der Waals surface area contributed by atoms with Gasteiger partial charge >= 0.3 is 12.1 Å². The van der Waals surface area contributed by atoms with Crippen LogP contribution in [0.2, 0.25) is 0 Å². The van der Waals surface area contributed by atoms with Gasteiger partial charge < -0.3 is 15.2 Å². The standard InChI is InChI=1S/C12H22F3NO3/c1-7(2)9(10(18)19-11(3,4)5)16-6-8(17)12(13,14)15/h7-9,16-17H,6H2,1-5H3/t8-,9+/m0/s1. The van der Waals surface area contributed by atoms with E-state index in [2.05, 4.69) is 5.32 Å². The molecule has 0 bridgehead atoms. The maximum Gasteiger partial charge on any atom is 0.415 e. The molecule has 0 radical (unpaired) electrons. The normalized spacial score (nSPS) is 16.3. The Hall–Kier alpha value is -0.820. The molecule has 4 nitrogen and oxygen atoms in total. The van der Waals surface area contributed by atoms with Crippen molar-refractivity contribution in [3.8, 4) is 0 Å². The van der Waals surface area contributed by atoms with E-state index < -0.39 is 36.4 Å². The summed E-state index contributed by atoms with van der Waals surface area (Å²) >= 11 is 0. The highest BCUT2D eigenvalue weighted by Crippen LogP contribution is 2.20. The lowest BCUT2D eigenvalue weighted by molar-refractivity contribution is -0.203. The average Bonchev–Trinajstić information content (AvgIpc) is 2.12. The van der Waals surface area contributed by atoms with Crippen molar-refractivity contribution < 1.29 is 27.8 Å². The SMILES string of the molecule is CC(C)[C@@H](NC[C@H](O)C(F)(F)F)C(=O)OC(C)(C)C. The third-order valence-corrected chi connectivity index (χ3v) is 2.24. The van der Waals surface area contributed by atoms with E-state index in [1.54, 1.807) is 34.6 Å². The molecule has 2 N–H and O–H groups in total. The van der Waals surface area contributed by atoms with Crippen LogP contribution in [0.1, 0.15) is 34.6 Å². The van der Waals surface area contributed by atoms with Crippen molar-refractivity contribution in [1.29, 1.82) is 0 Å². The van der Waals surface area contributed by atoms with Gasteiger partial charge in [-0.05, 0) is 26.7 Å². The second kappa shape index (κ2) is 6.56. The van der Waals surface area contributed by atoms with Crippen molar-refractivity contribution in [2.75, 3.05) is 6.54 Å². The van der Waals surface area contributed by atoms with Gasteiger partial charge in [0.25, 0.3) is 0 Å². The molecular weight excluding hydrogens is 263 g/mol. The minimum Gasteiger partial charge on any atom is -0.459 e. The molecule has 0 aromatic carbocycles. The third-order valence-electron chi connectivity index (χ3n) is 2.24. The van der Waals surface area contributed by atoms with Gasteiger partial charge in [-0.1, -0.05) is 13.8 Å². The molecule has 0 spiro atoms. The van der Waals surface area contributed by atoms with Crippen LogP contribution in [0, 0.1) is 5.92 Å². The second-order valence-electron chi connectivity index (χ2n) is 5.72. The van der Waals surface area contributed by atoms with Crippen LogP contribution < -0.4 is 5.32 Å². The summed E-state index contributed by atoms with van der Waals surface area (Å²) in [4.78, 5) is 11.8. The van der Waals surface area contributed by atoms with E-state index in [-0.39, 0.29) is 5.92 Å². The fourth-order valence-corrected chi connectivity index (χ4v) is 1.31. The average molecular weight is 285 g/mol. The molecule has 0 aliphatic rings. The van der Waals surface area contributed by atoms with Crippen LogP contribution in [-0.4, -0.2) is 41.5 Å². The van der Waals surface area contributed by atoms with E-state index in [1.807, 2.05) is 0 Å². The highest BCUT2D eigenvalue weighted by atomic mass is 19.4. The summed E-state index contributed by atoms with van der Waals surface area (Å²) in [5.41, 5.74) is -0.714. The van der Waals surface area contributed by atoms with Crippen LogP contribution in [0.25, 0.3) is 0 Å². The number of esters is 1. The van der Waals surface area contributed by atoms with Crippen molar-refractivity contribution >= 4 is 5.97 Å². The van der Waals surface area contributed by atoms with Crippen molar-refractivity contribution in [3.63, 3.8) is 0 Å². The first-order valence-electron chi connectivity index (χ1n) is 6.05. The first-order chi connectivity index (χ1) is 8.34. The number of hydrogen-bond donors (Lipinski definition) is 2. The molecule has 0 saturated carbocycles. The van der Waals surface area contributed by atoms with Gasteiger partial charge in [0, 0.05) is 6.54 Å². The Morgan fingerprint density at radius 1 is 1.26 bits per heavy atom. The number of alkyl halides is 3. The summed E-state index contributed by atoms with van der Waals surface area (Å²) in [5.74, 6) is -0.882. The maximum atomic E-state index is 12.2. The zero-order valence-electron chi connectivity index (χ0n) is 11.8. The molecule has 0 unspecified atom stereocenters. The van der Waals surface area contributed by atoms with Gasteiger partial charge in [0.15, 0.2) is 6.10 Å². The summed E-state index contributed by atoms with van der Waals surface area (Å²) in [6.07, 6.45) is -7.21. The molecule has 19 heavy (non-hydrogen) atoms. The van der Waals surface area contributed by atoms with E-state index in [0.717, 1.165) is 0 Å². The van der Waals surface area contributed by atoms with Gasteiger partial charge in [-0.3, -0.25) is 4.79 Å². The number of carbonyl (C=O) groups is 1. The molecule has 0 heterocycles. The van der Waals surface area contributed by atoms with Gasteiger partial charge in [-0.2, -0.15) is 13.2 Å². The van der Waals surface area contributed by atoms with Crippen LogP contribution in [0.5, 0.6) is 0 Å². The van der Waals surface area contributed by atoms with E-state index in [9.17, 15) is 18.0 Å². The molecule has 0 aliphatic heterocycles. The highest BCUT2D eigenvalue weighted by Gasteiger charge is 2.39. The number of rotatable bonds is 5. The third kappa shape index (κ3) is 7.37. The fourth-order valence-electron chi connectivity index (χ4n) is 1.31. The number of hydrogen-bond acceptors (Lipinski definition) is 4. The van der Waals surface area contributed by atoms with E-state index >= 15 is 0 Å². The number of halogens is 3. The van der Waals surface area contributed by atoms with E-state index in [4.69, 9.17) is 9.84 Å². The van der Waals surface area contributed by atoms with Crippen molar-refractivity contribution in [3.05, 3.63) is 0 Å². The van der Waals surface area contributed by atoms with Gasteiger partial charge in [-0.15, -0.1) is 0 Å². The predicted molar refractivity (Wildman–Crippen MR) is 64.5 cm³/mol. The summed E-state index contributed by atoms with van der Waals surface area (Å²) in [5, 5.41) is 11.3. The molecule has 2 atom stereocenters. The summed E-state index contributed by atoms with van der Waals surface area (Å²) in [6, 6.07) is -0.892. The molecule has 7 heteroatoms. The number of carbonyl (C=O) groups excluding carboxylic acids is 1. The molecule has 114 valence electrons. The number of aliphatic hydroxyl groups excluding tert-OH is 1. The van der Waals surface area contributed by atoms with E-state index in [0.29, 0.717) is 0 Å². The monoisotopic (exact) mass is 285 g/mol. The topological polar surface area (TPSA) is 58.6 Å². The van der Waals surface area contributed by atoms with Gasteiger partial charge in [0.2, 0.25) is 0 Å². The molecular formula is C12H22F3NO3. The second-order valence-corrected chi connectivity index (χ2v) is 5.72. The molecule has 0 aliphatic carbocycles. The van der Waals surface area contributed by atoms with Crippen LogP contribution >= 0.6 is 0 Å². The number of ether oxygens (including phenoxy) is 1. The van der Waals surface area contributed by atoms with Gasteiger partial charge in [0.1, 0.15) is 11.6 Å². The van der Waals surface area contributed by atoms with E-state index in [1.165, 1.54) is 0 Å². The van der Waals surface area contributed by atoms with Crippen LogP contribution in [0.3, 0.4) is 0 Å². The Morgan fingerprint density at radius 3 is 2.05 bits per heavy atom. The first-order valence-corrected chi connectivity index (χ1v) is 6.05. The fraction of sp³-hybridized carbons (Fsp3) is 0.917. The molecule has 0 aromatic rings. The Labute approximate surface area is 111 Å². The Balaban J connectivity index is 4.56. The Kier molecular flexibility index (Phi) is 6.28.